The van der Waals surface area contributed by atoms with Gasteiger partial charge in [-0.3, -0.25) is 9.58 Å². The molecular formula is C15H16N4OS. The number of aryl methyl sites for hydroxylation is 1. The highest BCUT2D eigenvalue weighted by atomic mass is 32.1. The quantitative estimate of drug-likeness (QED) is 0.743. The molecule has 0 aromatic carbocycles. The second kappa shape index (κ2) is 5.13. The summed E-state index contributed by atoms with van der Waals surface area (Å²) in [5.41, 5.74) is 2.21. The summed E-state index contributed by atoms with van der Waals surface area (Å²) in [6, 6.07) is 6.60. The Hall–Kier alpha value is -1.92. The summed E-state index contributed by atoms with van der Waals surface area (Å²) >= 11 is 1.67. The number of rotatable bonds is 4. The summed E-state index contributed by atoms with van der Waals surface area (Å²) in [4.78, 5) is 3.49. The summed E-state index contributed by atoms with van der Waals surface area (Å²) in [6.45, 7) is 4.94. The molecule has 5 nitrogen and oxygen atoms in total. The van der Waals surface area contributed by atoms with Crippen molar-refractivity contribution < 1.29 is 4.52 Å². The van der Waals surface area contributed by atoms with E-state index < -0.39 is 0 Å². The molecule has 3 aromatic rings. The molecule has 0 radical (unpaired) electrons. The third-order valence-electron chi connectivity index (χ3n) is 3.75. The molecule has 1 saturated heterocycles. The van der Waals surface area contributed by atoms with E-state index in [0.29, 0.717) is 6.04 Å². The van der Waals surface area contributed by atoms with Crippen LogP contribution in [-0.2, 0) is 6.54 Å². The zero-order chi connectivity index (χ0) is 14.2. The van der Waals surface area contributed by atoms with E-state index >= 15 is 0 Å². The molecule has 4 rings (SSSR count). The molecule has 1 aliphatic rings. The average molecular weight is 300 g/mol. The van der Waals surface area contributed by atoms with Crippen LogP contribution in [0.2, 0.25) is 0 Å². The molecule has 0 atom stereocenters. The van der Waals surface area contributed by atoms with Crippen molar-refractivity contribution in [2.24, 2.45) is 0 Å². The van der Waals surface area contributed by atoms with E-state index in [1.54, 1.807) is 11.3 Å². The highest BCUT2D eigenvalue weighted by molar-refractivity contribution is 7.13. The molecule has 0 N–H and O–H groups in total. The summed E-state index contributed by atoms with van der Waals surface area (Å²) in [6.07, 6.45) is 4.01. The molecule has 6 heteroatoms. The molecule has 3 aromatic heterocycles. The molecule has 1 fully saturated rings. The normalized spacial score (nSPS) is 16.2. The molecule has 0 spiro atoms. The van der Waals surface area contributed by atoms with Crippen molar-refractivity contribution in [1.82, 2.24) is 19.8 Å². The maximum atomic E-state index is 5.41. The Morgan fingerprint density at radius 3 is 3.05 bits per heavy atom. The number of nitrogens with zero attached hydrogens (tertiary/aromatic N) is 4. The molecule has 0 saturated carbocycles. The summed E-state index contributed by atoms with van der Waals surface area (Å²) < 4.78 is 7.47. The number of likely N-dealkylation sites (tertiary alicyclic amines) is 1. The molecule has 0 bridgehead atoms. The van der Waals surface area contributed by atoms with Gasteiger partial charge in [-0.2, -0.15) is 5.10 Å². The molecule has 0 unspecified atom stereocenters. The molecule has 0 amide bonds. The fourth-order valence-corrected chi connectivity index (χ4v) is 3.30. The topological polar surface area (TPSA) is 47.1 Å². The largest absolute Gasteiger partial charge is 0.355 e. The van der Waals surface area contributed by atoms with Gasteiger partial charge < -0.3 is 4.52 Å². The van der Waals surface area contributed by atoms with Crippen molar-refractivity contribution in [3.8, 4) is 10.6 Å². The van der Waals surface area contributed by atoms with E-state index in [9.17, 15) is 0 Å². The molecule has 108 valence electrons. The summed E-state index contributed by atoms with van der Waals surface area (Å²) in [5.74, 6) is 0.861. The Balaban J connectivity index is 1.36. The fourth-order valence-electron chi connectivity index (χ4n) is 2.62. The van der Waals surface area contributed by atoms with Gasteiger partial charge in [0, 0.05) is 31.9 Å². The first kappa shape index (κ1) is 12.8. The van der Waals surface area contributed by atoms with Gasteiger partial charge in [-0.25, -0.2) is 0 Å². The van der Waals surface area contributed by atoms with Crippen LogP contribution in [-0.4, -0.2) is 32.9 Å². The van der Waals surface area contributed by atoms with Crippen molar-refractivity contribution in [1.29, 1.82) is 0 Å². The van der Waals surface area contributed by atoms with Gasteiger partial charge in [0.1, 0.15) is 0 Å². The minimum atomic E-state index is 0.488. The number of aromatic nitrogens is 3. The first-order valence-electron chi connectivity index (χ1n) is 7.00. The first-order valence-corrected chi connectivity index (χ1v) is 7.88. The minimum absolute atomic E-state index is 0.488. The van der Waals surface area contributed by atoms with Crippen LogP contribution in [0.25, 0.3) is 10.6 Å². The van der Waals surface area contributed by atoms with Crippen LogP contribution in [0.4, 0.5) is 0 Å². The van der Waals surface area contributed by atoms with E-state index in [0.717, 1.165) is 36.0 Å². The standard InChI is InChI=1S/C15H16N4OS/c1-11-6-16-19(7-11)13-9-18(10-13)8-12-5-14(20-17-12)15-3-2-4-21-15/h2-7,13H,8-10H2,1H3. The maximum Gasteiger partial charge on any atom is 0.177 e. The third-order valence-corrected chi connectivity index (χ3v) is 4.64. The van der Waals surface area contributed by atoms with Crippen molar-refractivity contribution in [3.05, 3.63) is 47.2 Å². The lowest BCUT2D eigenvalue weighted by atomic mass is 10.1. The lowest BCUT2D eigenvalue weighted by Gasteiger charge is -2.38. The number of hydrogen-bond donors (Lipinski definition) is 0. The average Bonchev–Trinajstić information content (AvgIpc) is 3.14. The lowest BCUT2D eigenvalue weighted by molar-refractivity contribution is 0.0884. The molecule has 21 heavy (non-hydrogen) atoms. The second-order valence-electron chi connectivity index (χ2n) is 5.51. The summed E-state index contributed by atoms with van der Waals surface area (Å²) in [5, 5.41) is 10.6. The van der Waals surface area contributed by atoms with Gasteiger partial charge >= 0.3 is 0 Å². The zero-order valence-electron chi connectivity index (χ0n) is 11.8. The molecule has 4 heterocycles. The van der Waals surface area contributed by atoms with Crippen molar-refractivity contribution in [3.63, 3.8) is 0 Å². The minimum Gasteiger partial charge on any atom is -0.355 e. The van der Waals surface area contributed by atoms with E-state index in [4.69, 9.17) is 4.52 Å². The smallest absolute Gasteiger partial charge is 0.177 e. The van der Waals surface area contributed by atoms with Crippen LogP contribution in [0, 0.1) is 6.92 Å². The highest BCUT2D eigenvalue weighted by Crippen LogP contribution is 2.27. The highest BCUT2D eigenvalue weighted by Gasteiger charge is 2.29. The zero-order valence-corrected chi connectivity index (χ0v) is 12.6. The van der Waals surface area contributed by atoms with Crippen molar-refractivity contribution in [2.45, 2.75) is 19.5 Å². The Morgan fingerprint density at radius 1 is 1.43 bits per heavy atom. The Morgan fingerprint density at radius 2 is 2.33 bits per heavy atom. The number of thiophene rings is 1. The van der Waals surface area contributed by atoms with Gasteiger partial charge in [0.2, 0.25) is 0 Å². The monoisotopic (exact) mass is 300 g/mol. The Kier molecular flexibility index (Phi) is 3.12. The molecular weight excluding hydrogens is 284 g/mol. The van der Waals surface area contributed by atoms with Crippen molar-refractivity contribution >= 4 is 11.3 Å². The van der Waals surface area contributed by atoms with Crippen LogP contribution in [0.3, 0.4) is 0 Å². The predicted octanol–water partition coefficient (Wildman–Crippen LogP) is 2.96. The fraction of sp³-hybridized carbons (Fsp3) is 0.333. The van der Waals surface area contributed by atoms with E-state index in [2.05, 4.69) is 39.0 Å². The van der Waals surface area contributed by atoms with Gasteiger partial charge in [0.15, 0.2) is 5.76 Å². The maximum absolute atomic E-state index is 5.41. The van der Waals surface area contributed by atoms with Gasteiger partial charge in [-0.05, 0) is 23.9 Å². The third kappa shape index (κ3) is 2.52. The van der Waals surface area contributed by atoms with Crippen LogP contribution >= 0.6 is 11.3 Å². The van der Waals surface area contributed by atoms with Crippen LogP contribution in [0.5, 0.6) is 0 Å². The van der Waals surface area contributed by atoms with Crippen LogP contribution in [0.15, 0.2) is 40.5 Å². The summed E-state index contributed by atoms with van der Waals surface area (Å²) in [7, 11) is 0. The number of hydrogen-bond acceptors (Lipinski definition) is 5. The van der Waals surface area contributed by atoms with Crippen LogP contribution < -0.4 is 0 Å². The Labute approximate surface area is 126 Å². The molecule has 0 aliphatic carbocycles. The van der Waals surface area contributed by atoms with Crippen molar-refractivity contribution in [2.75, 3.05) is 13.1 Å². The lowest BCUT2D eigenvalue weighted by Crippen LogP contribution is -2.47. The predicted molar refractivity (Wildman–Crippen MR) is 81.1 cm³/mol. The van der Waals surface area contributed by atoms with Gasteiger partial charge in [-0.1, -0.05) is 11.2 Å². The van der Waals surface area contributed by atoms with Gasteiger partial charge in [0.25, 0.3) is 0 Å². The van der Waals surface area contributed by atoms with E-state index in [1.807, 2.05) is 23.7 Å². The molecule has 1 aliphatic heterocycles. The SMILES string of the molecule is Cc1cnn(C2CN(Cc3cc(-c4cccs4)on3)C2)c1. The van der Waals surface area contributed by atoms with Gasteiger partial charge in [-0.15, -0.1) is 11.3 Å². The Bertz CT molecular complexity index is 725. The second-order valence-corrected chi connectivity index (χ2v) is 6.45. The van der Waals surface area contributed by atoms with Gasteiger partial charge in [0.05, 0.1) is 22.8 Å². The van der Waals surface area contributed by atoms with E-state index in [1.165, 1.54) is 5.56 Å². The van der Waals surface area contributed by atoms with Crippen LogP contribution in [0.1, 0.15) is 17.3 Å². The first-order chi connectivity index (χ1) is 10.3. The van der Waals surface area contributed by atoms with E-state index in [-0.39, 0.29) is 0 Å².